The van der Waals surface area contributed by atoms with E-state index in [1.165, 1.54) is 12.8 Å². The standard InChI is InChI=1S/C19H30O3/c1-18-8-6-13(21)10-12(18)2-3-14-15(18)7-9-19(11-20)16(14)4-5-17(19)22/h12-16,20-21H,2-11H2,1H3/t12-,13+,14+,15+,16-,18-,19+/m0/s1. The summed E-state index contributed by atoms with van der Waals surface area (Å²) in [5, 5.41) is 20.0. The number of ketones is 1. The van der Waals surface area contributed by atoms with Crippen LogP contribution in [0.1, 0.15) is 64.7 Å². The van der Waals surface area contributed by atoms with Crippen LogP contribution in [0, 0.1) is 34.5 Å². The Balaban J connectivity index is 1.64. The predicted molar refractivity (Wildman–Crippen MR) is 84.2 cm³/mol. The third-order valence-electron chi connectivity index (χ3n) is 8.37. The van der Waals surface area contributed by atoms with Gasteiger partial charge < -0.3 is 10.2 Å². The number of Topliss-reactive ketones (excluding diaryl/α,β-unsaturated/α-hetero) is 1. The van der Waals surface area contributed by atoms with Crippen LogP contribution in [0.4, 0.5) is 0 Å². The second-order valence-electron chi connectivity index (χ2n) is 8.90. The second-order valence-corrected chi connectivity index (χ2v) is 8.90. The van der Waals surface area contributed by atoms with E-state index in [1.54, 1.807) is 0 Å². The number of aliphatic hydroxyl groups is 2. The first kappa shape index (κ1) is 15.1. The number of carbonyl (C=O) groups excluding carboxylic acids is 1. The zero-order valence-electron chi connectivity index (χ0n) is 13.8. The maximum absolute atomic E-state index is 12.4. The van der Waals surface area contributed by atoms with E-state index >= 15 is 0 Å². The van der Waals surface area contributed by atoms with Crippen molar-refractivity contribution in [2.24, 2.45) is 34.5 Å². The highest BCUT2D eigenvalue weighted by atomic mass is 16.3. The van der Waals surface area contributed by atoms with E-state index in [9.17, 15) is 15.0 Å². The van der Waals surface area contributed by atoms with Crippen LogP contribution in [0.25, 0.3) is 0 Å². The molecule has 7 atom stereocenters. The lowest BCUT2D eigenvalue weighted by Gasteiger charge is -2.60. The average molecular weight is 306 g/mol. The third kappa shape index (κ3) is 1.84. The average Bonchev–Trinajstić information content (AvgIpc) is 2.86. The highest BCUT2D eigenvalue weighted by Gasteiger charge is 2.61. The quantitative estimate of drug-likeness (QED) is 0.783. The molecule has 0 aliphatic heterocycles. The lowest BCUT2D eigenvalue weighted by molar-refractivity contribution is -0.150. The molecule has 2 N–H and O–H groups in total. The predicted octanol–water partition coefficient (Wildman–Crippen LogP) is 2.93. The Bertz CT molecular complexity index is 475. The largest absolute Gasteiger partial charge is 0.395 e. The fourth-order valence-electron chi connectivity index (χ4n) is 7.11. The SMILES string of the molecule is C[C@]12CC[C@@H](O)C[C@@H]1CC[C@@H]1[C@H]2CC[C@]2(CO)C(=O)CC[C@@H]12. The van der Waals surface area contributed by atoms with Gasteiger partial charge in [0, 0.05) is 6.42 Å². The molecule has 3 heteroatoms. The molecule has 4 aliphatic carbocycles. The van der Waals surface area contributed by atoms with Gasteiger partial charge in [-0.25, -0.2) is 0 Å². The molecule has 3 nitrogen and oxygen atoms in total. The van der Waals surface area contributed by atoms with Crippen LogP contribution in [0.2, 0.25) is 0 Å². The Labute approximate surface area is 133 Å². The van der Waals surface area contributed by atoms with Gasteiger partial charge in [-0.1, -0.05) is 6.92 Å². The van der Waals surface area contributed by atoms with Crippen molar-refractivity contribution in [1.82, 2.24) is 0 Å². The van der Waals surface area contributed by atoms with E-state index in [1.807, 2.05) is 0 Å². The molecule has 4 aliphatic rings. The zero-order valence-corrected chi connectivity index (χ0v) is 13.8. The Hall–Kier alpha value is -0.410. The van der Waals surface area contributed by atoms with Crippen molar-refractivity contribution in [2.45, 2.75) is 70.8 Å². The number of aliphatic hydroxyl groups excluding tert-OH is 2. The van der Waals surface area contributed by atoms with Crippen molar-refractivity contribution in [3.63, 3.8) is 0 Å². The first-order valence-electron chi connectivity index (χ1n) is 9.33. The van der Waals surface area contributed by atoms with Crippen molar-refractivity contribution in [3.05, 3.63) is 0 Å². The molecule has 4 fully saturated rings. The van der Waals surface area contributed by atoms with Gasteiger partial charge in [-0.05, 0) is 80.5 Å². The maximum Gasteiger partial charge on any atom is 0.141 e. The monoisotopic (exact) mass is 306 g/mol. The molecule has 0 heterocycles. The Morgan fingerprint density at radius 1 is 1.09 bits per heavy atom. The van der Waals surface area contributed by atoms with Crippen LogP contribution >= 0.6 is 0 Å². The van der Waals surface area contributed by atoms with Crippen LogP contribution in [0.5, 0.6) is 0 Å². The summed E-state index contributed by atoms with van der Waals surface area (Å²) in [5.41, 5.74) is -0.0338. The molecule has 124 valence electrons. The van der Waals surface area contributed by atoms with E-state index < -0.39 is 5.41 Å². The Kier molecular flexibility index (Phi) is 3.47. The molecule has 0 aromatic heterocycles. The van der Waals surface area contributed by atoms with Crippen molar-refractivity contribution in [1.29, 1.82) is 0 Å². The van der Waals surface area contributed by atoms with Gasteiger partial charge in [0.25, 0.3) is 0 Å². The molecule has 4 saturated carbocycles. The van der Waals surface area contributed by atoms with Gasteiger partial charge in [0.1, 0.15) is 5.78 Å². The van der Waals surface area contributed by atoms with Crippen LogP contribution in [-0.2, 0) is 4.79 Å². The third-order valence-corrected chi connectivity index (χ3v) is 8.37. The number of hydrogen-bond donors (Lipinski definition) is 2. The topological polar surface area (TPSA) is 57.5 Å². The van der Waals surface area contributed by atoms with E-state index in [-0.39, 0.29) is 12.7 Å². The summed E-state index contributed by atoms with van der Waals surface area (Å²) in [6, 6.07) is 0. The van der Waals surface area contributed by atoms with E-state index in [2.05, 4.69) is 6.92 Å². The molecule has 0 amide bonds. The minimum absolute atomic E-state index is 0.0680. The van der Waals surface area contributed by atoms with E-state index in [0.29, 0.717) is 41.3 Å². The van der Waals surface area contributed by atoms with E-state index in [0.717, 1.165) is 38.5 Å². The van der Waals surface area contributed by atoms with Crippen molar-refractivity contribution in [3.8, 4) is 0 Å². The molecule has 0 aromatic carbocycles. The molecule has 0 aromatic rings. The minimum atomic E-state index is -0.390. The van der Waals surface area contributed by atoms with Gasteiger partial charge >= 0.3 is 0 Å². The molecule has 0 saturated heterocycles. The van der Waals surface area contributed by atoms with E-state index in [4.69, 9.17) is 0 Å². The van der Waals surface area contributed by atoms with Crippen LogP contribution in [-0.4, -0.2) is 28.7 Å². The molecule has 22 heavy (non-hydrogen) atoms. The summed E-state index contributed by atoms with van der Waals surface area (Å²) in [6.45, 7) is 2.53. The summed E-state index contributed by atoms with van der Waals surface area (Å²) >= 11 is 0. The number of rotatable bonds is 1. The summed E-state index contributed by atoms with van der Waals surface area (Å²) in [5.74, 6) is 2.76. The molecular weight excluding hydrogens is 276 g/mol. The molecular formula is C19H30O3. The van der Waals surface area contributed by atoms with Crippen LogP contribution in [0.15, 0.2) is 0 Å². The van der Waals surface area contributed by atoms with Crippen molar-refractivity contribution in [2.75, 3.05) is 6.61 Å². The molecule has 0 radical (unpaired) electrons. The van der Waals surface area contributed by atoms with Gasteiger partial charge in [0.2, 0.25) is 0 Å². The lowest BCUT2D eigenvalue weighted by Crippen LogP contribution is -2.55. The Morgan fingerprint density at radius 2 is 1.91 bits per heavy atom. The highest BCUT2D eigenvalue weighted by Crippen LogP contribution is 2.65. The number of fused-ring (bicyclic) bond motifs is 5. The summed E-state index contributed by atoms with van der Waals surface area (Å²) < 4.78 is 0. The zero-order chi connectivity index (χ0) is 15.5. The first-order valence-corrected chi connectivity index (χ1v) is 9.33. The first-order chi connectivity index (χ1) is 10.5. The lowest BCUT2D eigenvalue weighted by atomic mass is 9.45. The number of carbonyl (C=O) groups is 1. The molecule has 0 spiro atoms. The summed E-state index contributed by atoms with van der Waals surface area (Å²) in [7, 11) is 0. The maximum atomic E-state index is 12.4. The molecule has 4 rings (SSSR count). The van der Waals surface area contributed by atoms with Gasteiger partial charge in [0.05, 0.1) is 18.1 Å². The van der Waals surface area contributed by atoms with Crippen molar-refractivity contribution < 1.29 is 15.0 Å². The summed E-state index contributed by atoms with van der Waals surface area (Å²) in [6.07, 6.45) is 9.10. The minimum Gasteiger partial charge on any atom is -0.395 e. The van der Waals surface area contributed by atoms with Crippen LogP contribution in [0.3, 0.4) is 0 Å². The second kappa shape index (κ2) is 5.04. The normalized spacial score (nSPS) is 54.5. The Morgan fingerprint density at radius 3 is 2.68 bits per heavy atom. The van der Waals surface area contributed by atoms with Gasteiger partial charge in [-0.15, -0.1) is 0 Å². The smallest absolute Gasteiger partial charge is 0.141 e. The van der Waals surface area contributed by atoms with Crippen LogP contribution < -0.4 is 0 Å². The van der Waals surface area contributed by atoms with Gasteiger partial charge in [-0.3, -0.25) is 4.79 Å². The fraction of sp³-hybridized carbons (Fsp3) is 0.947. The highest BCUT2D eigenvalue weighted by molar-refractivity contribution is 5.87. The fourth-order valence-corrected chi connectivity index (χ4v) is 7.11. The van der Waals surface area contributed by atoms with Gasteiger partial charge in [0.15, 0.2) is 0 Å². The van der Waals surface area contributed by atoms with Gasteiger partial charge in [-0.2, -0.15) is 0 Å². The molecule has 0 bridgehead atoms. The molecule has 0 unspecified atom stereocenters. The number of hydrogen-bond acceptors (Lipinski definition) is 3. The van der Waals surface area contributed by atoms with Crippen molar-refractivity contribution >= 4 is 5.78 Å². The summed E-state index contributed by atoms with van der Waals surface area (Å²) in [4.78, 5) is 12.4.